The van der Waals surface area contributed by atoms with Gasteiger partial charge in [-0.3, -0.25) is 4.57 Å². The maximum absolute atomic E-state index is 5.02. The molecule has 0 aliphatic heterocycles. The minimum absolute atomic E-state index is 0.00404. The molecule has 3 heteroatoms. The normalized spacial score (nSPS) is 14.2. The van der Waals surface area contributed by atoms with Crippen LogP contribution in [0.4, 0.5) is 0 Å². The van der Waals surface area contributed by atoms with Crippen molar-refractivity contribution in [2.45, 2.75) is 19.3 Å². The van der Waals surface area contributed by atoms with Crippen molar-refractivity contribution >= 4 is 54.1 Å². The summed E-state index contributed by atoms with van der Waals surface area (Å²) in [6.45, 7) is 4.70. The maximum Gasteiger partial charge on any atom is 0.195 e. The first-order valence-corrected chi connectivity index (χ1v) is 12.9. The lowest BCUT2D eigenvalue weighted by Gasteiger charge is -2.21. The van der Waals surface area contributed by atoms with E-state index < -0.39 is 0 Å². The Morgan fingerprint density at radius 3 is 2.34 bits per heavy atom. The number of fused-ring (bicyclic) bond motifs is 8. The van der Waals surface area contributed by atoms with Crippen molar-refractivity contribution in [3.63, 3.8) is 0 Å². The van der Waals surface area contributed by atoms with Crippen LogP contribution in [-0.2, 0) is 5.41 Å². The summed E-state index contributed by atoms with van der Waals surface area (Å²) in [6.07, 6.45) is 0. The van der Waals surface area contributed by atoms with Crippen LogP contribution < -0.4 is 0 Å². The number of hydrogen-bond donors (Lipinski definition) is 0. The van der Waals surface area contributed by atoms with Crippen molar-refractivity contribution in [2.24, 2.45) is 0 Å². The number of thiazole rings is 1. The lowest BCUT2D eigenvalue weighted by atomic mass is 9.82. The molecule has 0 bridgehead atoms. The number of hydrogen-bond acceptors (Lipinski definition) is 2. The van der Waals surface area contributed by atoms with E-state index in [1.54, 1.807) is 11.3 Å². The monoisotopic (exact) mass is 466 g/mol. The molecule has 0 saturated heterocycles. The molecule has 2 nitrogen and oxygen atoms in total. The van der Waals surface area contributed by atoms with Gasteiger partial charge in [0.1, 0.15) is 0 Å². The Labute approximate surface area is 207 Å². The molecule has 2 aromatic heterocycles. The number of aromatic nitrogens is 2. The first-order valence-electron chi connectivity index (χ1n) is 12.1. The van der Waals surface area contributed by atoms with E-state index in [0.717, 1.165) is 10.6 Å². The third-order valence-electron chi connectivity index (χ3n) is 7.81. The Hall–Kier alpha value is -3.95. The standard InChI is InChI=1S/C32H22N2S/c1-32(2)25-11-5-3-9-21(25)23-15-20-18-29-24(16-19(20)17-26(23)32)22-10-4-7-13-28(22)34(29)31-33-27-12-6-8-14-30(27)35-31/h3-18H,1-2H3. The summed E-state index contributed by atoms with van der Waals surface area (Å²) in [6, 6.07) is 35.6. The summed E-state index contributed by atoms with van der Waals surface area (Å²) >= 11 is 1.75. The predicted molar refractivity (Wildman–Crippen MR) is 149 cm³/mol. The first kappa shape index (κ1) is 19.4. The molecule has 35 heavy (non-hydrogen) atoms. The van der Waals surface area contributed by atoms with Gasteiger partial charge in [0, 0.05) is 16.2 Å². The molecule has 0 N–H and O–H groups in total. The summed E-state index contributed by atoms with van der Waals surface area (Å²) in [5.74, 6) is 0. The van der Waals surface area contributed by atoms with E-state index in [2.05, 4.69) is 115 Å². The second-order valence-corrected chi connectivity index (χ2v) is 11.1. The topological polar surface area (TPSA) is 17.8 Å². The van der Waals surface area contributed by atoms with Gasteiger partial charge in [-0.05, 0) is 75.5 Å². The summed E-state index contributed by atoms with van der Waals surface area (Å²) in [5, 5.41) is 6.13. The van der Waals surface area contributed by atoms with Gasteiger partial charge in [0.05, 0.1) is 21.3 Å². The van der Waals surface area contributed by atoms with Crippen molar-refractivity contribution in [1.29, 1.82) is 0 Å². The largest absolute Gasteiger partial charge is 0.285 e. The van der Waals surface area contributed by atoms with Crippen LogP contribution in [-0.4, -0.2) is 9.55 Å². The van der Waals surface area contributed by atoms with Crippen molar-refractivity contribution in [3.05, 3.63) is 108 Å². The minimum Gasteiger partial charge on any atom is -0.285 e. The van der Waals surface area contributed by atoms with Crippen LogP contribution in [0, 0.1) is 0 Å². The Morgan fingerprint density at radius 2 is 1.43 bits per heavy atom. The summed E-state index contributed by atoms with van der Waals surface area (Å²) in [7, 11) is 0. The van der Waals surface area contributed by atoms with Gasteiger partial charge in [0.15, 0.2) is 5.13 Å². The average molecular weight is 467 g/mol. The van der Waals surface area contributed by atoms with E-state index in [0.29, 0.717) is 0 Å². The van der Waals surface area contributed by atoms with Crippen molar-refractivity contribution in [3.8, 4) is 16.3 Å². The van der Waals surface area contributed by atoms with E-state index in [9.17, 15) is 0 Å². The molecule has 0 amide bonds. The Bertz CT molecular complexity index is 1950. The minimum atomic E-state index is 0.00404. The summed E-state index contributed by atoms with van der Waals surface area (Å²) in [4.78, 5) is 5.02. The highest BCUT2D eigenvalue weighted by atomic mass is 32.1. The lowest BCUT2D eigenvalue weighted by Crippen LogP contribution is -2.14. The molecular weight excluding hydrogens is 444 g/mol. The van der Waals surface area contributed by atoms with Crippen LogP contribution in [0.5, 0.6) is 0 Å². The van der Waals surface area contributed by atoms with E-state index in [1.165, 1.54) is 59.5 Å². The average Bonchev–Trinajstić information content (AvgIpc) is 3.51. The van der Waals surface area contributed by atoms with Crippen LogP contribution in [0.25, 0.3) is 59.1 Å². The fourth-order valence-corrected chi connectivity index (χ4v) is 7.07. The Morgan fingerprint density at radius 1 is 0.657 bits per heavy atom. The second-order valence-electron chi connectivity index (χ2n) is 10.1. The number of nitrogens with zero attached hydrogens (tertiary/aromatic N) is 2. The van der Waals surface area contributed by atoms with Crippen LogP contribution in [0.2, 0.25) is 0 Å². The van der Waals surface area contributed by atoms with Crippen molar-refractivity contribution in [2.75, 3.05) is 0 Å². The lowest BCUT2D eigenvalue weighted by molar-refractivity contribution is 0.661. The molecule has 0 saturated carbocycles. The number of para-hydroxylation sites is 2. The highest BCUT2D eigenvalue weighted by Crippen LogP contribution is 2.50. The Kier molecular flexibility index (Phi) is 3.64. The van der Waals surface area contributed by atoms with Crippen LogP contribution >= 0.6 is 11.3 Å². The molecule has 1 aliphatic carbocycles. The zero-order chi connectivity index (χ0) is 23.3. The third kappa shape index (κ3) is 2.51. The third-order valence-corrected chi connectivity index (χ3v) is 8.83. The number of benzene rings is 5. The van der Waals surface area contributed by atoms with E-state index in [4.69, 9.17) is 4.98 Å². The molecule has 0 radical (unpaired) electrons. The molecule has 8 rings (SSSR count). The highest BCUT2D eigenvalue weighted by Gasteiger charge is 2.35. The Balaban J connectivity index is 1.48. The second kappa shape index (κ2) is 6.59. The molecular formula is C32H22N2S. The van der Waals surface area contributed by atoms with E-state index >= 15 is 0 Å². The van der Waals surface area contributed by atoms with E-state index in [1.807, 2.05) is 0 Å². The zero-order valence-corrected chi connectivity index (χ0v) is 20.4. The van der Waals surface area contributed by atoms with Crippen molar-refractivity contribution in [1.82, 2.24) is 9.55 Å². The molecule has 0 spiro atoms. The van der Waals surface area contributed by atoms with Gasteiger partial charge in [-0.1, -0.05) is 79.8 Å². The van der Waals surface area contributed by atoms with E-state index in [-0.39, 0.29) is 5.41 Å². The molecule has 2 heterocycles. The summed E-state index contributed by atoms with van der Waals surface area (Å²) < 4.78 is 3.56. The van der Waals surface area contributed by atoms with Crippen LogP contribution in [0.1, 0.15) is 25.0 Å². The quantitative estimate of drug-likeness (QED) is 0.236. The first-order chi connectivity index (χ1) is 17.1. The van der Waals surface area contributed by atoms with Gasteiger partial charge in [-0.15, -0.1) is 0 Å². The van der Waals surface area contributed by atoms with Gasteiger partial charge < -0.3 is 0 Å². The van der Waals surface area contributed by atoms with Crippen LogP contribution in [0.3, 0.4) is 0 Å². The van der Waals surface area contributed by atoms with Gasteiger partial charge in [0.2, 0.25) is 0 Å². The number of rotatable bonds is 1. The zero-order valence-electron chi connectivity index (χ0n) is 19.5. The highest BCUT2D eigenvalue weighted by molar-refractivity contribution is 7.20. The fraction of sp³-hybridized carbons (Fsp3) is 0.0938. The van der Waals surface area contributed by atoms with Gasteiger partial charge >= 0.3 is 0 Å². The predicted octanol–water partition coefficient (Wildman–Crippen LogP) is 8.85. The van der Waals surface area contributed by atoms with Gasteiger partial charge in [-0.25, -0.2) is 4.98 Å². The summed E-state index contributed by atoms with van der Waals surface area (Å²) in [5.41, 5.74) is 9.03. The molecule has 0 atom stereocenters. The molecule has 0 fully saturated rings. The molecule has 0 unspecified atom stereocenters. The smallest absolute Gasteiger partial charge is 0.195 e. The van der Waals surface area contributed by atoms with Gasteiger partial charge in [0.25, 0.3) is 0 Å². The fourth-order valence-electron chi connectivity index (χ4n) is 6.07. The van der Waals surface area contributed by atoms with Crippen molar-refractivity contribution < 1.29 is 0 Å². The molecule has 5 aromatic carbocycles. The molecule has 1 aliphatic rings. The maximum atomic E-state index is 5.02. The van der Waals surface area contributed by atoms with Gasteiger partial charge in [-0.2, -0.15) is 0 Å². The molecule has 7 aromatic rings. The molecule has 166 valence electrons. The SMILES string of the molecule is CC1(C)c2ccccc2-c2cc3cc4c(cc3cc21)c1ccccc1n4-c1nc2ccccc2s1. The van der Waals surface area contributed by atoms with Crippen LogP contribution in [0.15, 0.2) is 97.1 Å².